The third kappa shape index (κ3) is 4.89. The van der Waals surface area contributed by atoms with Gasteiger partial charge in [-0.1, -0.05) is 45.4 Å². The van der Waals surface area contributed by atoms with Gasteiger partial charge in [0, 0.05) is 10.4 Å². The summed E-state index contributed by atoms with van der Waals surface area (Å²) in [5.74, 6) is -0.458. The molecule has 2 unspecified atom stereocenters. The van der Waals surface area contributed by atoms with Crippen molar-refractivity contribution in [2.24, 2.45) is 5.92 Å². The number of thiazole rings is 1. The van der Waals surface area contributed by atoms with Gasteiger partial charge in [0.25, 0.3) is 5.91 Å². The van der Waals surface area contributed by atoms with Gasteiger partial charge in [0.15, 0.2) is 5.13 Å². The van der Waals surface area contributed by atoms with Crippen LogP contribution in [0.1, 0.15) is 48.1 Å². The Morgan fingerprint density at radius 3 is 2.44 bits per heavy atom. The predicted octanol–water partition coefficient (Wildman–Crippen LogP) is 3.80. The SMILES string of the molecule is CCc1nc(NC(=O)C(NC(=O)c2ccccc2)C(C)CC)sc1C. The highest BCUT2D eigenvalue weighted by molar-refractivity contribution is 7.15. The van der Waals surface area contributed by atoms with Crippen molar-refractivity contribution in [3.63, 3.8) is 0 Å². The Morgan fingerprint density at radius 1 is 1.20 bits per heavy atom. The zero-order chi connectivity index (χ0) is 18.4. The zero-order valence-corrected chi connectivity index (χ0v) is 15.9. The summed E-state index contributed by atoms with van der Waals surface area (Å²) in [5, 5.41) is 6.31. The van der Waals surface area contributed by atoms with E-state index in [1.165, 1.54) is 11.3 Å². The first-order valence-corrected chi connectivity index (χ1v) is 9.40. The fourth-order valence-corrected chi connectivity index (χ4v) is 3.41. The van der Waals surface area contributed by atoms with Gasteiger partial charge in [-0.05, 0) is 31.4 Å². The average molecular weight is 359 g/mol. The van der Waals surface area contributed by atoms with Gasteiger partial charge in [-0.15, -0.1) is 11.3 Å². The third-order valence-electron chi connectivity index (χ3n) is 4.28. The van der Waals surface area contributed by atoms with Crippen LogP contribution in [0, 0.1) is 12.8 Å². The Labute approximate surface area is 152 Å². The second kappa shape index (κ2) is 8.76. The lowest BCUT2D eigenvalue weighted by Crippen LogP contribution is -2.47. The summed E-state index contributed by atoms with van der Waals surface area (Å²) in [6.07, 6.45) is 1.61. The minimum absolute atomic E-state index is 0.0133. The van der Waals surface area contributed by atoms with E-state index in [0.29, 0.717) is 10.7 Å². The highest BCUT2D eigenvalue weighted by Gasteiger charge is 2.27. The van der Waals surface area contributed by atoms with Crippen molar-refractivity contribution in [2.45, 2.75) is 46.6 Å². The fraction of sp³-hybridized carbons (Fsp3) is 0.421. The molecule has 1 aromatic carbocycles. The van der Waals surface area contributed by atoms with Crippen LogP contribution in [-0.2, 0) is 11.2 Å². The first-order chi connectivity index (χ1) is 12.0. The van der Waals surface area contributed by atoms with Gasteiger partial charge in [-0.25, -0.2) is 4.98 Å². The molecule has 1 heterocycles. The molecule has 0 aliphatic heterocycles. The van der Waals surface area contributed by atoms with Gasteiger partial charge >= 0.3 is 0 Å². The maximum Gasteiger partial charge on any atom is 0.251 e. The number of benzene rings is 1. The number of hydrogen-bond acceptors (Lipinski definition) is 4. The minimum atomic E-state index is -0.605. The molecule has 0 saturated heterocycles. The van der Waals surface area contributed by atoms with E-state index in [2.05, 4.69) is 15.6 Å². The van der Waals surface area contributed by atoms with Crippen molar-refractivity contribution in [1.82, 2.24) is 10.3 Å². The second-order valence-electron chi connectivity index (χ2n) is 6.07. The van der Waals surface area contributed by atoms with E-state index in [0.717, 1.165) is 23.4 Å². The van der Waals surface area contributed by atoms with Crippen molar-refractivity contribution < 1.29 is 9.59 Å². The molecule has 2 amide bonds. The highest BCUT2D eigenvalue weighted by atomic mass is 32.1. The number of amides is 2. The van der Waals surface area contributed by atoms with Gasteiger partial charge in [0.2, 0.25) is 5.91 Å². The van der Waals surface area contributed by atoms with Gasteiger partial charge in [-0.3, -0.25) is 9.59 Å². The molecule has 0 radical (unpaired) electrons. The van der Waals surface area contributed by atoms with Crippen LogP contribution >= 0.6 is 11.3 Å². The number of carbonyl (C=O) groups is 2. The Hall–Kier alpha value is -2.21. The van der Waals surface area contributed by atoms with Crippen LogP contribution in [-0.4, -0.2) is 22.8 Å². The molecule has 2 atom stereocenters. The number of hydrogen-bond donors (Lipinski definition) is 2. The summed E-state index contributed by atoms with van der Waals surface area (Å²) in [5.41, 5.74) is 1.54. The highest BCUT2D eigenvalue weighted by Crippen LogP contribution is 2.23. The molecule has 134 valence electrons. The standard InChI is InChI=1S/C19H25N3O2S/c1-5-12(3)16(21-17(23)14-10-8-7-9-11-14)18(24)22-19-20-15(6-2)13(4)25-19/h7-12,16H,5-6H2,1-4H3,(H,21,23)(H,20,22,24). The average Bonchev–Trinajstić information content (AvgIpc) is 2.98. The number of aryl methyl sites for hydroxylation is 2. The number of carbonyl (C=O) groups excluding carboxylic acids is 2. The molecule has 0 aliphatic rings. The molecular formula is C19H25N3O2S. The van der Waals surface area contributed by atoms with E-state index in [4.69, 9.17) is 0 Å². The first-order valence-electron chi connectivity index (χ1n) is 8.59. The van der Waals surface area contributed by atoms with Gasteiger partial charge in [0.1, 0.15) is 6.04 Å². The zero-order valence-electron chi connectivity index (χ0n) is 15.1. The number of nitrogens with one attached hydrogen (secondary N) is 2. The normalized spacial score (nSPS) is 13.1. The lowest BCUT2D eigenvalue weighted by Gasteiger charge is -2.23. The second-order valence-corrected chi connectivity index (χ2v) is 7.27. The van der Waals surface area contributed by atoms with Gasteiger partial charge in [0.05, 0.1) is 5.69 Å². The van der Waals surface area contributed by atoms with Crippen LogP contribution in [0.15, 0.2) is 30.3 Å². The third-order valence-corrected chi connectivity index (χ3v) is 5.20. The van der Waals surface area contributed by atoms with E-state index in [1.54, 1.807) is 24.3 Å². The lowest BCUT2D eigenvalue weighted by atomic mass is 9.98. The minimum Gasteiger partial charge on any atom is -0.340 e. The van der Waals surface area contributed by atoms with Crippen LogP contribution in [0.4, 0.5) is 5.13 Å². The largest absolute Gasteiger partial charge is 0.340 e. The molecule has 2 rings (SSSR count). The molecular weight excluding hydrogens is 334 g/mol. The molecule has 2 N–H and O–H groups in total. The number of aromatic nitrogens is 1. The van der Waals surface area contributed by atoms with E-state index in [1.807, 2.05) is 33.8 Å². The maximum absolute atomic E-state index is 12.7. The molecule has 0 spiro atoms. The molecule has 2 aromatic rings. The van der Waals surface area contributed by atoms with E-state index < -0.39 is 6.04 Å². The molecule has 6 heteroatoms. The molecule has 0 aliphatic carbocycles. The molecule has 1 aromatic heterocycles. The lowest BCUT2D eigenvalue weighted by molar-refractivity contribution is -0.119. The molecule has 25 heavy (non-hydrogen) atoms. The summed E-state index contributed by atoms with van der Waals surface area (Å²) in [7, 11) is 0. The van der Waals surface area contributed by atoms with Crippen LogP contribution in [0.25, 0.3) is 0 Å². The number of nitrogens with zero attached hydrogens (tertiary/aromatic N) is 1. The van der Waals surface area contributed by atoms with E-state index in [-0.39, 0.29) is 17.7 Å². The topological polar surface area (TPSA) is 71.1 Å². The van der Waals surface area contributed by atoms with Gasteiger partial charge < -0.3 is 10.6 Å². The quantitative estimate of drug-likeness (QED) is 0.790. The van der Waals surface area contributed by atoms with Crippen LogP contribution in [0.2, 0.25) is 0 Å². The van der Waals surface area contributed by atoms with E-state index in [9.17, 15) is 9.59 Å². The summed E-state index contributed by atoms with van der Waals surface area (Å²) in [6.45, 7) is 7.99. The fourth-order valence-electron chi connectivity index (χ4n) is 2.51. The summed E-state index contributed by atoms with van der Waals surface area (Å²) in [6, 6.07) is 8.32. The Kier molecular flexibility index (Phi) is 6.70. The summed E-state index contributed by atoms with van der Waals surface area (Å²) >= 11 is 1.46. The monoisotopic (exact) mass is 359 g/mol. The Bertz CT molecular complexity index is 728. The smallest absolute Gasteiger partial charge is 0.251 e. The number of rotatable bonds is 7. The van der Waals surface area contributed by atoms with Crippen molar-refractivity contribution in [1.29, 1.82) is 0 Å². The molecule has 0 fully saturated rings. The van der Waals surface area contributed by atoms with Crippen LogP contribution < -0.4 is 10.6 Å². The van der Waals surface area contributed by atoms with Crippen molar-refractivity contribution in [2.75, 3.05) is 5.32 Å². The number of anilines is 1. The van der Waals surface area contributed by atoms with Crippen LogP contribution in [0.5, 0.6) is 0 Å². The summed E-state index contributed by atoms with van der Waals surface area (Å²) in [4.78, 5) is 30.7. The van der Waals surface area contributed by atoms with Crippen molar-refractivity contribution in [3.8, 4) is 0 Å². The Morgan fingerprint density at radius 2 is 1.88 bits per heavy atom. The van der Waals surface area contributed by atoms with E-state index >= 15 is 0 Å². The predicted molar refractivity (Wildman–Crippen MR) is 102 cm³/mol. The van der Waals surface area contributed by atoms with Crippen molar-refractivity contribution >= 4 is 28.3 Å². The Balaban J connectivity index is 2.13. The molecule has 0 bridgehead atoms. The van der Waals surface area contributed by atoms with Crippen molar-refractivity contribution in [3.05, 3.63) is 46.5 Å². The molecule has 0 saturated carbocycles. The summed E-state index contributed by atoms with van der Waals surface area (Å²) < 4.78 is 0. The first kappa shape index (κ1) is 19.1. The van der Waals surface area contributed by atoms with Gasteiger partial charge in [-0.2, -0.15) is 0 Å². The maximum atomic E-state index is 12.7. The van der Waals surface area contributed by atoms with Crippen LogP contribution in [0.3, 0.4) is 0 Å². The molecule has 5 nitrogen and oxygen atoms in total.